The van der Waals surface area contributed by atoms with E-state index in [9.17, 15) is 9.59 Å². The van der Waals surface area contributed by atoms with E-state index in [0.717, 1.165) is 0 Å². The molecule has 1 atom stereocenters. The lowest BCUT2D eigenvalue weighted by molar-refractivity contribution is 0.0971. The van der Waals surface area contributed by atoms with E-state index in [4.69, 9.17) is 27.6 Å². The zero-order valence-electron chi connectivity index (χ0n) is 14.1. The third kappa shape index (κ3) is 2.57. The first kappa shape index (κ1) is 17.4. The quantitative estimate of drug-likeness (QED) is 0.434. The molecule has 0 fully saturated rings. The van der Waals surface area contributed by atoms with Crippen molar-refractivity contribution < 1.29 is 9.21 Å². The molecule has 28 heavy (non-hydrogen) atoms. The second-order valence-electron chi connectivity index (χ2n) is 6.26. The molecule has 0 radical (unpaired) electrons. The van der Waals surface area contributed by atoms with E-state index < -0.39 is 11.9 Å². The maximum Gasteiger partial charge on any atom is 0.297 e. The highest BCUT2D eigenvalue weighted by Gasteiger charge is 2.44. The van der Waals surface area contributed by atoms with Crippen molar-refractivity contribution >= 4 is 56.5 Å². The predicted octanol–water partition coefficient (Wildman–Crippen LogP) is 5.31. The maximum absolute atomic E-state index is 13.4. The lowest BCUT2D eigenvalue weighted by Crippen LogP contribution is -2.29. The van der Waals surface area contributed by atoms with E-state index in [2.05, 4.69) is 4.98 Å². The van der Waals surface area contributed by atoms with E-state index in [1.165, 1.54) is 16.2 Å². The topological polar surface area (TPSA) is 63.4 Å². The third-order valence-electron chi connectivity index (χ3n) is 4.62. The summed E-state index contributed by atoms with van der Waals surface area (Å²) in [7, 11) is 0. The number of fused-ring (bicyclic) bond motifs is 2. The first-order valence-electron chi connectivity index (χ1n) is 8.29. The summed E-state index contributed by atoms with van der Waals surface area (Å²) in [5, 5.41) is 3.49. The van der Waals surface area contributed by atoms with Crippen LogP contribution in [0.1, 0.15) is 27.7 Å². The Morgan fingerprint density at radius 3 is 2.64 bits per heavy atom. The highest BCUT2D eigenvalue weighted by atomic mass is 35.5. The summed E-state index contributed by atoms with van der Waals surface area (Å²) < 4.78 is 5.86. The molecular formula is C20H10Cl2N2O3S. The lowest BCUT2D eigenvalue weighted by Gasteiger charge is -2.22. The zero-order chi connectivity index (χ0) is 19.4. The van der Waals surface area contributed by atoms with E-state index in [-0.39, 0.29) is 16.8 Å². The molecule has 1 amide bonds. The molecule has 1 aliphatic rings. The minimum absolute atomic E-state index is 0.0139. The lowest BCUT2D eigenvalue weighted by atomic mass is 9.99. The van der Waals surface area contributed by atoms with Crippen LogP contribution in [0.2, 0.25) is 10.0 Å². The van der Waals surface area contributed by atoms with Gasteiger partial charge in [-0.1, -0.05) is 35.3 Å². The van der Waals surface area contributed by atoms with Crippen molar-refractivity contribution in [2.45, 2.75) is 6.04 Å². The maximum atomic E-state index is 13.4. The summed E-state index contributed by atoms with van der Waals surface area (Å²) in [5.74, 6) is -0.399. The van der Waals surface area contributed by atoms with Gasteiger partial charge < -0.3 is 4.42 Å². The Hall–Kier alpha value is -2.67. The zero-order valence-corrected chi connectivity index (χ0v) is 16.4. The van der Waals surface area contributed by atoms with Gasteiger partial charge in [0.2, 0.25) is 5.76 Å². The van der Waals surface area contributed by atoms with Crippen molar-refractivity contribution in [1.82, 2.24) is 4.98 Å². The second kappa shape index (κ2) is 6.44. The van der Waals surface area contributed by atoms with Crippen LogP contribution in [0, 0.1) is 0 Å². The molecule has 0 saturated carbocycles. The van der Waals surface area contributed by atoms with Crippen LogP contribution in [0.3, 0.4) is 0 Å². The number of aromatic nitrogens is 1. The fraction of sp³-hybridized carbons (Fsp3) is 0.0500. The van der Waals surface area contributed by atoms with E-state index in [1.807, 2.05) is 6.07 Å². The highest BCUT2D eigenvalue weighted by Crippen LogP contribution is 2.42. The Kier molecular flexibility index (Phi) is 4.01. The molecule has 2 aromatic carbocycles. The second-order valence-corrected chi connectivity index (χ2v) is 8.01. The molecule has 3 heterocycles. The first-order chi connectivity index (χ1) is 13.5. The minimum Gasteiger partial charge on any atom is -0.450 e. The molecule has 0 N–H and O–H groups in total. The summed E-state index contributed by atoms with van der Waals surface area (Å²) in [4.78, 5) is 32.3. The molecule has 5 rings (SSSR count). The molecular weight excluding hydrogens is 419 g/mol. The number of carbonyl (C=O) groups excluding carboxylic acids is 1. The number of benzene rings is 2. The van der Waals surface area contributed by atoms with Crippen LogP contribution >= 0.6 is 34.5 Å². The molecule has 0 unspecified atom stereocenters. The van der Waals surface area contributed by atoms with Gasteiger partial charge in [0.15, 0.2) is 10.6 Å². The van der Waals surface area contributed by atoms with Crippen LogP contribution in [-0.4, -0.2) is 10.9 Å². The van der Waals surface area contributed by atoms with Gasteiger partial charge in [-0.2, -0.15) is 0 Å². The molecule has 0 bridgehead atoms. The van der Waals surface area contributed by atoms with Gasteiger partial charge in [0.25, 0.3) is 5.91 Å². The number of thiazole rings is 1. The number of carbonyl (C=O) groups is 1. The number of rotatable bonds is 2. The molecule has 0 spiro atoms. The molecule has 0 aliphatic carbocycles. The van der Waals surface area contributed by atoms with Gasteiger partial charge in [-0.05, 0) is 35.9 Å². The van der Waals surface area contributed by atoms with Crippen molar-refractivity contribution in [3.8, 4) is 0 Å². The van der Waals surface area contributed by atoms with Gasteiger partial charge >= 0.3 is 0 Å². The average molecular weight is 429 g/mol. The first-order valence-corrected chi connectivity index (χ1v) is 9.93. The predicted molar refractivity (Wildman–Crippen MR) is 110 cm³/mol. The number of nitrogens with zero attached hydrogens (tertiary/aromatic N) is 2. The Labute approximate surface area is 172 Å². The van der Waals surface area contributed by atoms with Crippen molar-refractivity contribution in [3.05, 3.63) is 91.2 Å². The van der Waals surface area contributed by atoms with Gasteiger partial charge in [-0.3, -0.25) is 14.5 Å². The SMILES string of the molecule is O=C1c2oc3ccc(Cl)cc3c(=O)c2[C@@H](c2cccc(Cl)c2)N1c1nccs1. The van der Waals surface area contributed by atoms with Crippen LogP contribution in [0.4, 0.5) is 5.13 Å². The normalized spacial score (nSPS) is 16.0. The largest absolute Gasteiger partial charge is 0.450 e. The molecule has 4 aromatic rings. The number of hydrogen-bond donors (Lipinski definition) is 0. The smallest absolute Gasteiger partial charge is 0.297 e. The van der Waals surface area contributed by atoms with Crippen LogP contribution in [-0.2, 0) is 0 Å². The Morgan fingerprint density at radius 1 is 1.07 bits per heavy atom. The summed E-state index contributed by atoms with van der Waals surface area (Å²) in [6.45, 7) is 0. The molecule has 1 aliphatic heterocycles. The monoisotopic (exact) mass is 428 g/mol. The van der Waals surface area contributed by atoms with Crippen LogP contribution in [0.25, 0.3) is 11.0 Å². The van der Waals surface area contributed by atoms with Crippen molar-refractivity contribution in [3.63, 3.8) is 0 Å². The van der Waals surface area contributed by atoms with E-state index in [0.29, 0.717) is 31.7 Å². The van der Waals surface area contributed by atoms with Crippen LogP contribution in [0.15, 0.2) is 63.3 Å². The van der Waals surface area contributed by atoms with Crippen LogP contribution < -0.4 is 10.3 Å². The summed E-state index contributed by atoms with van der Waals surface area (Å²) in [6.07, 6.45) is 1.61. The van der Waals surface area contributed by atoms with E-state index in [1.54, 1.807) is 48.0 Å². The van der Waals surface area contributed by atoms with Gasteiger partial charge in [-0.25, -0.2) is 4.98 Å². The molecule has 5 nitrogen and oxygen atoms in total. The molecule has 138 valence electrons. The third-order valence-corrected chi connectivity index (χ3v) is 5.86. The number of amides is 1. The van der Waals surface area contributed by atoms with E-state index >= 15 is 0 Å². The number of hydrogen-bond acceptors (Lipinski definition) is 5. The van der Waals surface area contributed by atoms with Gasteiger partial charge in [0.05, 0.1) is 17.0 Å². The Bertz CT molecular complexity index is 1300. The molecule has 2 aromatic heterocycles. The van der Waals surface area contributed by atoms with Gasteiger partial charge in [0, 0.05) is 21.6 Å². The van der Waals surface area contributed by atoms with Crippen molar-refractivity contribution in [2.75, 3.05) is 4.90 Å². The van der Waals surface area contributed by atoms with Crippen molar-refractivity contribution in [2.24, 2.45) is 0 Å². The Morgan fingerprint density at radius 2 is 1.89 bits per heavy atom. The van der Waals surface area contributed by atoms with Gasteiger partial charge in [0.1, 0.15) is 5.58 Å². The number of halogens is 2. The Balaban J connectivity index is 1.85. The molecule has 0 saturated heterocycles. The summed E-state index contributed by atoms with van der Waals surface area (Å²) in [5.41, 5.74) is 0.976. The summed E-state index contributed by atoms with van der Waals surface area (Å²) in [6, 6.07) is 11.1. The average Bonchev–Trinajstić information content (AvgIpc) is 3.29. The minimum atomic E-state index is -0.688. The molecule has 8 heteroatoms. The fourth-order valence-corrected chi connectivity index (χ4v) is 4.51. The number of anilines is 1. The van der Waals surface area contributed by atoms with Crippen molar-refractivity contribution in [1.29, 1.82) is 0 Å². The standard InChI is InChI=1S/C20H10Cl2N2O3S/c21-11-3-1-2-10(8-11)16-15-17(25)13-9-12(22)4-5-14(13)27-18(15)19(26)24(16)20-23-6-7-28-20/h1-9,16H/t16-/m1/s1. The fourth-order valence-electron chi connectivity index (χ4n) is 3.47. The summed E-state index contributed by atoms with van der Waals surface area (Å²) >= 11 is 13.6. The highest BCUT2D eigenvalue weighted by molar-refractivity contribution is 7.13. The van der Waals surface area contributed by atoms with Crippen LogP contribution in [0.5, 0.6) is 0 Å². The van der Waals surface area contributed by atoms with Gasteiger partial charge in [-0.15, -0.1) is 11.3 Å².